The SMILES string of the molecule is CC1CN(c2cccc(-c3ccc4cnc(CNC(=O)c5cc(S)cc(Cl)c5)cc4c3F)n2)CC(C)N1. The molecule has 1 fully saturated rings. The van der Waals surface area contributed by atoms with Gasteiger partial charge in [-0.1, -0.05) is 23.7 Å². The van der Waals surface area contributed by atoms with Crippen LogP contribution < -0.4 is 15.5 Å². The third kappa shape index (κ3) is 5.71. The van der Waals surface area contributed by atoms with E-state index in [0.29, 0.717) is 55.3 Å². The zero-order valence-electron chi connectivity index (χ0n) is 20.5. The Balaban J connectivity index is 1.39. The second-order valence-corrected chi connectivity index (χ2v) is 10.4. The first-order valence-corrected chi connectivity index (χ1v) is 12.9. The van der Waals surface area contributed by atoms with E-state index in [4.69, 9.17) is 16.6 Å². The number of carbonyl (C=O) groups is 1. The smallest absolute Gasteiger partial charge is 0.251 e. The van der Waals surface area contributed by atoms with Gasteiger partial charge in [0.25, 0.3) is 5.91 Å². The second kappa shape index (κ2) is 10.7. The van der Waals surface area contributed by atoms with E-state index in [1.165, 1.54) is 0 Å². The summed E-state index contributed by atoms with van der Waals surface area (Å²) in [6.07, 6.45) is 1.61. The fraction of sp³-hybridized carbons (Fsp3) is 0.250. The van der Waals surface area contributed by atoms with E-state index in [1.54, 1.807) is 36.5 Å². The van der Waals surface area contributed by atoms with E-state index < -0.39 is 0 Å². The Labute approximate surface area is 225 Å². The number of amides is 1. The third-order valence-electron chi connectivity index (χ3n) is 6.36. The molecule has 0 saturated carbocycles. The van der Waals surface area contributed by atoms with Crippen LogP contribution in [0.4, 0.5) is 10.2 Å². The fourth-order valence-corrected chi connectivity index (χ4v) is 5.35. The van der Waals surface area contributed by atoms with Crippen molar-refractivity contribution in [3.63, 3.8) is 0 Å². The van der Waals surface area contributed by atoms with Crippen molar-refractivity contribution in [3.8, 4) is 11.3 Å². The van der Waals surface area contributed by atoms with Crippen LogP contribution in [0.15, 0.2) is 65.7 Å². The second-order valence-electron chi connectivity index (χ2n) is 9.46. The predicted molar refractivity (Wildman–Crippen MR) is 149 cm³/mol. The molecular weight excluding hydrogens is 509 g/mol. The van der Waals surface area contributed by atoms with Gasteiger partial charge >= 0.3 is 0 Å². The van der Waals surface area contributed by atoms with E-state index in [9.17, 15) is 4.79 Å². The summed E-state index contributed by atoms with van der Waals surface area (Å²) in [6, 6.07) is 16.5. The van der Waals surface area contributed by atoms with Gasteiger partial charge in [0.2, 0.25) is 0 Å². The molecule has 1 aliphatic heterocycles. The molecule has 0 radical (unpaired) electrons. The van der Waals surface area contributed by atoms with Crippen LogP contribution in [0.5, 0.6) is 0 Å². The van der Waals surface area contributed by atoms with Crippen LogP contribution in [0, 0.1) is 5.82 Å². The van der Waals surface area contributed by atoms with Gasteiger partial charge in [-0.15, -0.1) is 12.6 Å². The van der Waals surface area contributed by atoms with E-state index in [2.05, 4.69) is 47.0 Å². The minimum Gasteiger partial charge on any atom is -0.353 e. The normalized spacial score (nSPS) is 17.7. The number of carbonyl (C=O) groups excluding carboxylic acids is 1. The number of halogens is 2. The Morgan fingerprint density at radius 2 is 1.95 bits per heavy atom. The van der Waals surface area contributed by atoms with Gasteiger partial charge in [-0.05, 0) is 56.3 Å². The van der Waals surface area contributed by atoms with Gasteiger partial charge in [0, 0.05) is 63.2 Å². The van der Waals surface area contributed by atoms with Crippen molar-refractivity contribution in [2.45, 2.75) is 37.4 Å². The molecule has 190 valence electrons. The quantitative estimate of drug-likeness (QED) is 0.295. The van der Waals surface area contributed by atoms with E-state index in [-0.39, 0.29) is 18.3 Å². The summed E-state index contributed by atoms with van der Waals surface area (Å²) in [5.74, 6) is 0.154. The number of pyridine rings is 2. The Kier molecular flexibility index (Phi) is 7.33. The Morgan fingerprint density at radius 1 is 1.16 bits per heavy atom. The van der Waals surface area contributed by atoms with Gasteiger partial charge in [0.15, 0.2) is 0 Å². The zero-order chi connectivity index (χ0) is 26.1. The van der Waals surface area contributed by atoms with Crippen LogP contribution >= 0.6 is 24.2 Å². The minimum atomic E-state index is -0.367. The molecule has 1 saturated heterocycles. The van der Waals surface area contributed by atoms with Crippen molar-refractivity contribution >= 4 is 46.7 Å². The van der Waals surface area contributed by atoms with Crippen molar-refractivity contribution in [2.75, 3.05) is 18.0 Å². The maximum atomic E-state index is 15.8. The van der Waals surface area contributed by atoms with Gasteiger partial charge in [-0.3, -0.25) is 9.78 Å². The molecule has 2 aromatic heterocycles. The van der Waals surface area contributed by atoms with Gasteiger partial charge in [-0.2, -0.15) is 0 Å². The highest BCUT2D eigenvalue weighted by molar-refractivity contribution is 7.80. The molecule has 3 heterocycles. The Bertz CT molecular complexity index is 1450. The molecule has 2 N–H and O–H groups in total. The number of thiol groups is 1. The van der Waals surface area contributed by atoms with E-state index in [1.807, 2.05) is 24.3 Å². The van der Waals surface area contributed by atoms with Crippen molar-refractivity contribution in [1.29, 1.82) is 0 Å². The van der Waals surface area contributed by atoms with Gasteiger partial charge in [-0.25, -0.2) is 9.37 Å². The maximum absolute atomic E-state index is 15.8. The van der Waals surface area contributed by atoms with Crippen LogP contribution in [-0.2, 0) is 6.54 Å². The summed E-state index contributed by atoms with van der Waals surface area (Å²) in [4.78, 5) is 24.6. The van der Waals surface area contributed by atoms with Crippen molar-refractivity contribution in [2.24, 2.45) is 0 Å². The van der Waals surface area contributed by atoms with Gasteiger partial charge in [0.1, 0.15) is 11.6 Å². The highest BCUT2D eigenvalue weighted by Gasteiger charge is 2.22. The highest BCUT2D eigenvalue weighted by Crippen LogP contribution is 2.29. The number of benzene rings is 2. The molecule has 1 aliphatic rings. The number of hydrogen-bond acceptors (Lipinski definition) is 6. The van der Waals surface area contributed by atoms with Gasteiger partial charge in [0.05, 0.1) is 17.9 Å². The average Bonchev–Trinajstić information content (AvgIpc) is 2.86. The maximum Gasteiger partial charge on any atom is 0.251 e. The summed E-state index contributed by atoms with van der Waals surface area (Å²) < 4.78 is 15.8. The number of hydrogen-bond donors (Lipinski definition) is 3. The molecule has 0 aliphatic carbocycles. The first kappa shape index (κ1) is 25.4. The Hall–Kier alpha value is -3.20. The predicted octanol–water partition coefficient (Wildman–Crippen LogP) is 5.49. The molecule has 9 heteroatoms. The molecule has 2 aromatic carbocycles. The summed E-state index contributed by atoms with van der Waals surface area (Å²) in [5, 5.41) is 7.86. The number of nitrogens with zero attached hydrogens (tertiary/aromatic N) is 3. The van der Waals surface area contributed by atoms with Crippen LogP contribution in [-0.4, -0.2) is 41.0 Å². The Morgan fingerprint density at radius 3 is 2.70 bits per heavy atom. The molecule has 5 rings (SSSR count). The molecule has 2 unspecified atom stereocenters. The summed E-state index contributed by atoms with van der Waals surface area (Å²) in [5.41, 5.74) is 1.93. The van der Waals surface area contributed by atoms with E-state index >= 15 is 4.39 Å². The standard InChI is InChI=1S/C28H27ClFN5OS/c1-16-14-35(15-17(2)33-16)26-5-3-4-25(34-26)23-7-6-18-12-31-21(11-24(18)27(23)30)13-32-28(36)19-8-20(29)10-22(37)9-19/h3-12,16-17,33,37H,13-15H2,1-2H3,(H,32,36). The van der Waals surface area contributed by atoms with Crippen LogP contribution in [0.1, 0.15) is 29.9 Å². The number of fused-ring (bicyclic) bond motifs is 1. The fourth-order valence-electron chi connectivity index (χ4n) is 4.76. The largest absolute Gasteiger partial charge is 0.353 e. The topological polar surface area (TPSA) is 70.2 Å². The van der Waals surface area contributed by atoms with Crippen LogP contribution in [0.25, 0.3) is 22.0 Å². The molecular formula is C28H27ClFN5OS. The lowest BCUT2D eigenvalue weighted by atomic mass is 10.0. The third-order valence-corrected chi connectivity index (χ3v) is 6.84. The van der Waals surface area contributed by atoms with Gasteiger partial charge < -0.3 is 15.5 Å². The highest BCUT2D eigenvalue weighted by atomic mass is 35.5. The number of rotatable bonds is 5. The minimum absolute atomic E-state index is 0.139. The first-order chi connectivity index (χ1) is 17.8. The lowest BCUT2D eigenvalue weighted by Crippen LogP contribution is -2.54. The monoisotopic (exact) mass is 535 g/mol. The summed E-state index contributed by atoms with van der Waals surface area (Å²) in [7, 11) is 0. The lowest BCUT2D eigenvalue weighted by molar-refractivity contribution is 0.0950. The first-order valence-electron chi connectivity index (χ1n) is 12.1. The van der Waals surface area contributed by atoms with Crippen molar-refractivity contribution < 1.29 is 9.18 Å². The molecule has 0 bridgehead atoms. The average molecular weight is 536 g/mol. The summed E-state index contributed by atoms with van der Waals surface area (Å²) >= 11 is 10.3. The number of piperazine rings is 1. The zero-order valence-corrected chi connectivity index (χ0v) is 22.2. The molecule has 4 aromatic rings. The lowest BCUT2D eigenvalue weighted by Gasteiger charge is -2.37. The molecule has 37 heavy (non-hydrogen) atoms. The van der Waals surface area contributed by atoms with E-state index in [0.717, 1.165) is 18.9 Å². The molecule has 6 nitrogen and oxygen atoms in total. The van der Waals surface area contributed by atoms with Crippen LogP contribution in [0.2, 0.25) is 5.02 Å². The molecule has 1 amide bonds. The molecule has 0 spiro atoms. The molecule has 2 atom stereocenters. The number of nitrogens with one attached hydrogen (secondary N) is 2. The number of aromatic nitrogens is 2. The van der Waals surface area contributed by atoms with Crippen LogP contribution in [0.3, 0.4) is 0 Å². The number of anilines is 1. The van der Waals surface area contributed by atoms with Crippen molar-refractivity contribution in [3.05, 3.63) is 82.9 Å². The summed E-state index contributed by atoms with van der Waals surface area (Å²) in [6.45, 7) is 6.12. The van der Waals surface area contributed by atoms with Crippen molar-refractivity contribution in [1.82, 2.24) is 20.6 Å².